The Hall–Kier alpha value is -2.70. The Morgan fingerprint density at radius 3 is 2.56 bits per heavy atom. The van der Waals surface area contributed by atoms with Crippen LogP contribution >= 0.6 is 0 Å². The zero-order chi connectivity index (χ0) is 17.8. The van der Waals surface area contributed by atoms with E-state index >= 15 is 0 Å². The molecular formula is C18H18F2N2O3. The molecule has 25 heavy (non-hydrogen) atoms. The van der Waals surface area contributed by atoms with E-state index in [2.05, 4.69) is 9.72 Å². The van der Waals surface area contributed by atoms with Crippen LogP contribution in [0.3, 0.4) is 0 Å². The van der Waals surface area contributed by atoms with Crippen molar-refractivity contribution in [1.29, 1.82) is 0 Å². The number of hydrogen-bond acceptors (Lipinski definition) is 4. The van der Waals surface area contributed by atoms with Gasteiger partial charge in [-0.05, 0) is 48.7 Å². The number of amides is 1. The SMILES string of the molecule is COc1cc(C(=O)N(Cc2ccncc2)C2CC2)ccc1OC(F)F. The lowest BCUT2D eigenvalue weighted by Crippen LogP contribution is -2.32. The van der Waals surface area contributed by atoms with Gasteiger partial charge in [0.25, 0.3) is 5.91 Å². The number of pyridine rings is 1. The molecule has 5 nitrogen and oxygen atoms in total. The van der Waals surface area contributed by atoms with Crippen molar-refractivity contribution in [2.45, 2.75) is 32.0 Å². The van der Waals surface area contributed by atoms with Crippen LogP contribution in [-0.4, -0.2) is 35.6 Å². The third-order valence-electron chi connectivity index (χ3n) is 3.98. The van der Waals surface area contributed by atoms with Gasteiger partial charge in [-0.2, -0.15) is 8.78 Å². The Bertz CT molecular complexity index is 736. The number of nitrogens with zero attached hydrogens (tertiary/aromatic N) is 2. The molecule has 0 bridgehead atoms. The highest BCUT2D eigenvalue weighted by Crippen LogP contribution is 2.33. The lowest BCUT2D eigenvalue weighted by atomic mass is 10.1. The second-order valence-corrected chi connectivity index (χ2v) is 5.76. The molecular weight excluding hydrogens is 330 g/mol. The van der Waals surface area contributed by atoms with Gasteiger partial charge in [0.15, 0.2) is 11.5 Å². The van der Waals surface area contributed by atoms with Crippen LogP contribution in [0.15, 0.2) is 42.7 Å². The van der Waals surface area contributed by atoms with Gasteiger partial charge >= 0.3 is 6.61 Å². The summed E-state index contributed by atoms with van der Waals surface area (Å²) in [5.41, 5.74) is 1.36. The molecule has 0 N–H and O–H groups in total. The number of halogens is 2. The molecule has 0 spiro atoms. The van der Waals surface area contributed by atoms with Crippen molar-refractivity contribution in [3.8, 4) is 11.5 Å². The molecule has 1 heterocycles. The Morgan fingerprint density at radius 1 is 1.24 bits per heavy atom. The molecule has 0 saturated heterocycles. The van der Waals surface area contributed by atoms with E-state index in [9.17, 15) is 13.6 Å². The molecule has 0 radical (unpaired) electrons. The fraction of sp³-hybridized carbons (Fsp3) is 0.333. The average molecular weight is 348 g/mol. The minimum Gasteiger partial charge on any atom is -0.493 e. The molecule has 1 aliphatic carbocycles. The van der Waals surface area contributed by atoms with E-state index in [1.54, 1.807) is 17.3 Å². The molecule has 0 aliphatic heterocycles. The van der Waals surface area contributed by atoms with Gasteiger partial charge < -0.3 is 14.4 Å². The van der Waals surface area contributed by atoms with E-state index in [0.29, 0.717) is 12.1 Å². The third kappa shape index (κ3) is 4.23. The van der Waals surface area contributed by atoms with Crippen LogP contribution in [0.1, 0.15) is 28.8 Å². The van der Waals surface area contributed by atoms with Crippen molar-refractivity contribution < 1.29 is 23.0 Å². The molecule has 0 unspecified atom stereocenters. The second kappa shape index (κ2) is 7.46. The van der Waals surface area contributed by atoms with Crippen LogP contribution in [0.2, 0.25) is 0 Å². The first-order valence-corrected chi connectivity index (χ1v) is 7.91. The average Bonchev–Trinajstić information content (AvgIpc) is 3.45. The Labute approximate surface area is 144 Å². The Morgan fingerprint density at radius 2 is 1.96 bits per heavy atom. The maximum Gasteiger partial charge on any atom is 0.387 e. The molecule has 1 amide bonds. The summed E-state index contributed by atoms with van der Waals surface area (Å²) in [4.78, 5) is 18.7. The van der Waals surface area contributed by atoms with Gasteiger partial charge in [-0.15, -0.1) is 0 Å². The van der Waals surface area contributed by atoms with Crippen molar-refractivity contribution in [2.24, 2.45) is 0 Å². The van der Waals surface area contributed by atoms with E-state index in [-0.39, 0.29) is 23.4 Å². The quantitative estimate of drug-likeness (QED) is 0.768. The maximum atomic E-state index is 12.9. The van der Waals surface area contributed by atoms with E-state index < -0.39 is 6.61 Å². The number of carbonyl (C=O) groups excluding carboxylic acids is 1. The summed E-state index contributed by atoms with van der Waals surface area (Å²) in [6.07, 6.45) is 5.29. The highest BCUT2D eigenvalue weighted by atomic mass is 19.3. The lowest BCUT2D eigenvalue weighted by molar-refractivity contribution is -0.0512. The van der Waals surface area contributed by atoms with Gasteiger partial charge in [-0.1, -0.05) is 0 Å². The Kier molecular flexibility index (Phi) is 5.11. The van der Waals surface area contributed by atoms with E-state index in [1.165, 1.54) is 25.3 Å². The van der Waals surface area contributed by atoms with Crippen LogP contribution in [0.25, 0.3) is 0 Å². The van der Waals surface area contributed by atoms with Crippen molar-refractivity contribution in [3.63, 3.8) is 0 Å². The predicted molar refractivity (Wildman–Crippen MR) is 86.8 cm³/mol. The molecule has 1 saturated carbocycles. The summed E-state index contributed by atoms with van der Waals surface area (Å²) in [5.74, 6) is -0.159. The summed E-state index contributed by atoms with van der Waals surface area (Å²) in [6.45, 7) is -2.48. The molecule has 1 aliphatic rings. The molecule has 2 aromatic rings. The maximum absolute atomic E-state index is 12.9. The van der Waals surface area contributed by atoms with Crippen molar-refractivity contribution in [3.05, 3.63) is 53.9 Å². The molecule has 3 rings (SSSR count). The second-order valence-electron chi connectivity index (χ2n) is 5.76. The van der Waals surface area contributed by atoms with Crippen molar-refractivity contribution in [2.75, 3.05) is 7.11 Å². The van der Waals surface area contributed by atoms with Gasteiger partial charge in [0.2, 0.25) is 0 Å². The third-order valence-corrected chi connectivity index (χ3v) is 3.98. The number of carbonyl (C=O) groups is 1. The zero-order valence-electron chi connectivity index (χ0n) is 13.7. The molecule has 132 valence electrons. The minimum absolute atomic E-state index is 0.0962. The summed E-state index contributed by atoms with van der Waals surface area (Å²) in [6, 6.07) is 8.16. The standard InChI is InChI=1S/C18H18F2N2O3/c1-24-16-10-13(2-5-15(16)25-18(19)20)17(23)22(14-3-4-14)11-12-6-8-21-9-7-12/h2,5-10,14,18H,3-4,11H2,1H3. The minimum atomic E-state index is -2.95. The van der Waals surface area contributed by atoms with Crippen LogP contribution in [0.5, 0.6) is 11.5 Å². The number of alkyl halides is 2. The molecule has 1 fully saturated rings. The largest absolute Gasteiger partial charge is 0.493 e. The summed E-state index contributed by atoms with van der Waals surface area (Å²) >= 11 is 0. The summed E-state index contributed by atoms with van der Waals surface area (Å²) in [7, 11) is 1.34. The van der Waals surface area contributed by atoms with E-state index in [4.69, 9.17) is 4.74 Å². The lowest BCUT2D eigenvalue weighted by Gasteiger charge is -2.23. The number of aromatic nitrogens is 1. The van der Waals surface area contributed by atoms with Crippen LogP contribution in [-0.2, 0) is 6.54 Å². The first-order chi connectivity index (χ1) is 12.1. The van der Waals surface area contributed by atoms with E-state index in [1.807, 2.05) is 12.1 Å². The molecule has 1 aromatic heterocycles. The number of ether oxygens (including phenoxy) is 2. The van der Waals surface area contributed by atoms with Gasteiger partial charge in [0, 0.05) is 30.5 Å². The first-order valence-electron chi connectivity index (χ1n) is 7.91. The first kappa shape index (κ1) is 17.1. The molecule has 0 atom stereocenters. The van der Waals surface area contributed by atoms with Gasteiger partial charge in [0.1, 0.15) is 0 Å². The van der Waals surface area contributed by atoms with Crippen molar-refractivity contribution >= 4 is 5.91 Å². The van der Waals surface area contributed by atoms with Crippen LogP contribution < -0.4 is 9.47 Å². The van der Waals surface area contributed by atoms with Crippen LogP contribution in [0.4, 0.5) is 8.78 Å². The van der Waals surface area contributed by atoms with Gasteiger partial charge in [-0.25, -0.2) is 0 Å². The highest BCUT2D eigenvalue weighted by molar-refractivity contribution is 5.95. The smallest absolute Gasteiger partial charge is 0.387 e. The fourth-order valence-corrected chi connectivity index (χ4v) is 2.60. The molecule has 1 aromatic carbocycles. The monoisotopic (exact) mass is 348 g/mol. The number of benzene rings is 1. The number of hydrogen-bond donors (Lipinski definition) is 0. The van der Waals surface area contributed by atoms with Gasteiger partial charge in [-0.3, -0.25) is 9.78 Å². The topological polar surface area (TPSA) is 51.7 Å². The number of rotatable bonds is 7. The number of methoxy groups -OCH3 is 1. The summed E-state index contributed by atoms with van der Waals surface area (Å²) in [5, 5.41) is 0. The highest BCUT2D eigenvalue weighted by Gasteiger charge is 2.33. The van der Waals surface area contributed by atoms with Crippen LogP contribution in [0, 0.1) is 0 Å². The van der Waals surface area contributed by atoms with Crippen molar-refractivity contribution in [1.82, 2.24) is 9.88 Å². The summed E-state index contributed by atoms with van der Waals surface area (Å²) < 4.78 is 34.3. The zero-order valence-corrected chi connectivity index (χ0v) is 13.7. The van der Waals surface area contributed by atoms with Gasteiger partial charge in [0.05, 0.1) is 7.11 Å². The molecule has 7 heteroatoms. The van der Waals surface area contributed by atoms with E-state index in [0.717, 1.165) is 18.4 Å². The normalized spacial score (nSPS) is 13.6. The fourth-order valence-electron chi connectivity index (χ4n) is 2.60. The predicted octanol–water partition coefficient (Wildman–Crippen LogP) is 3.50. The Balaban J connectivity index is 1.82.